The van der Waals surface area contributed by atoms with Gasteiger partial charge in [-0.3, -0.25) is 4.79 Å². The van der Waals surface area contributed by atoms with Crippen LogP contribution in [0.2, 0.25) is 0 Å². The van der Waals surface area contributed by atoms with E-state index in [1.165, 1.54) is 24.3 Å². The zero-order valence-electron chi connectivity index (χ0n) is 13.3. The lowest BCUT2D eigenvalue weighted by Gasteiger charge is -2.33. The average molecular weight is 327 g/mol. The van der Waals surface area contributed by atoms with Gasteiger partial charge in [0.1, 0.15) is 5.75 Å². The van der Waals surface area contributed by atoms with E-state index >= 15 is 0 Å². The first-order valence-corrected chi connectivity index (χ1v) is 7.93. The Labute approximate surface area is 135 Å². The third-order valence-electron chi connectivity index (χ3n) is 4.09. The number of methoxy groups -OCH3 is 1. The van der Waals surface area contributed by atoms with E-state index in [0.717, 1.165) is 45.4 Å². The first-order chi connectivity index (χ1) is 11.1. The van der Waals surface area contributed by atoms with E-state index in [2.05, 4.69) is 4.74 Å². The predicted octanol–water partition coefficient (Wildman–Crippen LogP) is 3.57. The van der Waals surface area contributed by atoms with E-state index in [-0.39, 0.29) is 11.7 Å². The number of ether oxygens (including phenoxy) is 2. The highest BCUT2D eigenvalue weighted by atomic mass is 19.3. The molecule has 1 atom stereocenters. The summed E-state index contributed by atoms with van der Waals surface area (Å²) in [4.78, 5) is 14.4. The molecule has 0 spiro atoms. The van der Waals surface area contributed by atoms with Gasteiger partial charge in [0.05, 0.1) is 0 Å². The highest BCUT2D eigenvalue weighted by Crippen LogP contribution is 2.23. The molecule has 1 saturated heterocycles. The monoisotopic (exact) mass is 327 g/mol. The number of amides is 1. The van der Waals surface area contributed by atoms with Crippen molar-refractivity contribution in [2.24, 2.45) is 5.92 Å². The Kier molecular flexibility index (Phi) is 6.77. The fourth-order valence-corrected chi connectivity index (χ4v) is 2.96. The number of nitrogens with zero attached hydrogens (tertiary/aromatic N) is 1. The van der Waals surface area contributed by atoms with E-state index in [9.17, 15) is 13.6 Å². The molecular formula is C17H23F2NO3. The summed E-state index contributed by atoms with van der Waals surface area (Å²) in [5, 5.41) is 0. The van der Waals surface area contributed by atoms with E-state index in [0.29, 0.717) is 11.5 Å². The lowest BCUT2D eigenvalue weighted by molar-refractivity contribution is -0.0498. The number of carbonyl (C=O) groups excluding carboxylic acids is 1. The Morgan fingerprint density at radius 2 is 2.09 bits per heavy atom. The van der Waals surface area contributed by atoms with Crippen molar-refractivity contribution < 1.29 is 23.0 Å². The molecule has 0 bridgehead atoms. The van der Waals surface area contributed by atoms with Crippen LogP contribution < -0.4 is 4.74 Å². The molecule has 0 N–H and O–H groups in total. The summed E-state index contributed by atoms with van der Waals surface area (Å²) < 4.78 is 33.6. The largest absolute Gasteiger partial charge is 0.435 e. The number of hydrogen-bond donors (Lipinski definition) is 0. The number of halogens is 2. The second-order valence-corrected chi connectivity index (χ2v) is 5.80. The van der Waals surface area contributed by atoms with Crippen molar-refractivity contribution in [2.75, 3.05) is 26.8 Å². The fourth-order valence-electron chi connectivity index (χ4n) is 2.96. The second kappa shape index (κ2) is 8.82. The molecule has 1 amide bonds. The molecule has 0 saturated carbocycles. The predicted molar refractivity (Wildman–Crippen MR) is 82.8 cm³/mol. The van der Waals surface area contributed by atoms with Crippen LogP contribution in [0.4, 0.5) is 8.78 Å². The number of alkyl halides is 2. The fraction of sp³-hybridized carbons (Fsp3) is 0.588. The minimum atomic E-state index is -2.86. The van der Waals surface area contributed by atoms with Crippen LogP contribution in [0.5, 0.6) is 5.75 Å². The second-order valence-electron chi connectivity index (χ2n) is 5.80. The van der Waals surface area contributed by atoms with Gasteiger partial charge in [-0.15, -0.1) is 0 Å². The number of likely N-dealkylation sites (tertiary alicyclic amines) is 1. The van der Waals surface area contributed by atoms with Crippen LogP contribution in [-0.4, -0.2) is 44.2 Å². The molecule has 1 aliphatic rings. The Balaban J connectivity index is 1.91. The molecule has 4 nitrogen and oxygen atoms in total. The van der Waals surface area contributed by atoms with Crippen molar-refractivity contribution in [3.63, 3.8) is 0 Å². The van der Waals surface area contributed by atoms with Crippen LogP contribution in [0.1, 0.15) is 36.0 Å². The van der Waals surface area contributed by atoms with Gasteiger partial charge in [0, 0.05) is 32.4 Å². The van der Waals surface area contributed by atoms with Crippen LogP contribution in [-0.2, 0) is 4.74 Å². The van der Waals surface area contributed by atoms with Crippen molar-refractivity contribution in [1.29, 1.82) is 0 Å². The molecule has 1 heterocycles. The van der Waals surface area contributed by atoms with E-state index in [1.807, 2.05) is 4.90 Å². The van der Waals surface area contributed by atoms with Crippen molar-refractivity contribution in [3.8, 4) is 5.75 Å². The zero-order chi connectivity index (χ0) is 16.7. The lowest BCUT2D eigenvalue weighted by atomic mass is 9.93. The zero-order valence-corrected chi connectivity index (χ0v) is 13.3. The summed E-state index contributed by atoms with van der Waals surface area (Å²) in [5.41, 5.74) is 0.504. The molecular weight excluding hydrogens is 304 g/mol. The number of hydrogen-bond acceptors (Lipinski definition) is 3. The van der Waals surface area contributed by atoms with Gasteiger partial charge >= 0.3 is 6.61 Å². The molecule has 1 aliphatic heterocycles. The van der Waals surface area contributed by atoms with Gasteiger partial charge in [0.2, 0.25) is 0 Å². The molecule has 128 valence electrons. The van der Waals surface area contributed by atoms with Crippen molar-refractivity contribution in [2.45, 2.75) is 32.3 Å². The van der Waals surface area contributed by atoms with Gasteiger partial charge in [0.25, 0.3) is 5.91 Å². The quantitative estimate of drug-likeness (QED) is 0.719. The van der Waals surface area contributed by atoms with E-state index in [4.69, 9.17) is 4.74 Å². The third-order valence-corrected chi connectivity index (χ3v) is 4.09. The Morgan fingerprint density at radius 3 is 2.74 bits per heavy atom. The van der Waals surface area contributed by atoms with Gasteiger partial charge in [-0.2, -0.15) is 8.78 Å². The molecule has 23 heavy (non-hydrogen) atoms. The number of rotatable bonds is 7. The molecule has 0 unspecified atom stereocenters. The highest BCUT2D eigenvalue weighted by molar-refractivity contribution is 5.94. The standard InChI is InChI=1S/C17H23F2NO3/c1-22-11-3-5-13-4-2-10-20(12-13)16(21)14-6-8-15(9-7-14)23-17(18)19/h6-9,13,17H,2-5,10-12H2,1H3/t13-/m1/s1. The summed E-state index contributed by atoms with van der Waals surface area (Å²) in [6, 6.07) is 5.88. The number of piperidine rings is 1. The van der Waals surface area contributed by atoms with Crippen LogP contribution in [0, 0.1) is 5.92 Å². The first kappa shape index (κ1) is 17.7. The summed E-state index contributed by atoms with van der Waals surface area (Å²) in [6.07, 6.45) is 4.19. The maximum Gasteiger partial charge on any atom is 0.387 e. The van der Waals surface area contributed by atoms with Crippen molar-refractivity contribution in [3.05, 3.63) is 29.8 Å². The van der Waals surface area contributed by atoms with Crippen LogP contribution in [0.25, 0.3) is 0 Å². The summed E-state index contributed by atoms with van der Waals surface area (Å²) in [5.74, 6) is 0.516. The molecule has 6 heteroatoms. The van der Waals surface area contributed by atoms with E-state index < -0.39 is 6.61 Å². The lowest BCUT2D eigenvalue weighted by Crippen LogP contribution is -2.40. The molecule has 1 fully saturated rings. The molecule has 0 aliphatic carbocycles. The minimum absolute atomic E-state index is 0.0509. The minimum Gasteiger partial charge on any atom is -0.435 e. The van der Waals surface area contributed by atoms with Gasteiger partial charge in [-0.25, -0.2) is 0 Å². The van der Waals surface area contributed by atoms with Crippen LogP contribution in [0.15, 0.2) is 24.3 Å². The molecule has 0 aromatic heterocycles. The van der Waals surface area contributed by atoms with E-state index in [1.54, 1.807) is 7.11 Å². The van der Waals surface area contributed by atoms with Gasteiger partial charge in [-0.05, 0) is 55.9 Å². The van der Waals surface area contributed by atoms with Gasteiger partial charge < -0.3 is 14.4 Å². The first-order valence-electron chi connectivity index (χ1n) is 7.93. The molecule has 1 aromatic carbocycles. The molecule has 1 aromatic rings. The summed E-state index contributed by atoms with van der Waals surface area (Å²) in [7, 11) is 1.69. The van der Waals surface area contributed by atoms with Crippen LogP contribution in [0.3, 0.4) is 0 Å². The Morgan fingerprint density at radius 1 is 1.35 bits per heavy atom. The molecule has 0 radical (unpaired) electrons. The Bertz CT molecular complexity index is 493. The van der Waals surface area contributed by atoms with Gasteiger partial charge in [0.15, 0.2) is 0 Å². The van der Waals surface area contributed by atoms with Crippen molar-refractivity contribution in [1.82, 2.24) is 4.90 Å². The van der Waals surface area contributed by atoms with Crippen LogP contribution >= 0.6 is 0 Å². The van der Waals surface area contributed by atoms with Crippen molar-refractivity contribution >= 4 is 5.91 Å². The van der Waals surface area contributed by atoms with Gasteiger partial charge in [-0.1, -0.05) is 0 Å². The molecule has 2 rings (SSSR count). The maximum absolute atomic E-state index is 12.5. The number of benzene rings is 1. The number of carbonyl (C=O) groups is 1. The Hall–Kier alpha value is -1.69. The maximum atomic E-state index is 12.5. The highest BCUT2D eigenvalue weighted by Gasteiger charge is 2.24. The SMILES string of the molecule is COCCC[C@H]1CCCN(C(=O)c2ccc(OC(F)F)cc2)C1. The normalized spacial score (nSPS) is 18.3. The summed E-state index contributed by atoms with van der Waals surface area (Å²) in [6.45, 7) is -0.616. The third kappa shape index (κ3) is 5.46. The summed E-state index contributed by atoms with van der Waals surface area (Å²) >= 11 is 0. The smallest absolute Gasteiger partial charge is 0.387 e. The topological polar surface area (TPSA) is 38.8 Å². The average Bonchev–Trinajstić information content (AvgIpc) is 2.55.